The highest BCUT2D eigenvalue weighted by molar-refractivity contribution is 5.64. The number of aromatic nitrogens is 2. The van der Waals surface area contributed by atoms with Crippen molar-refractivity contribution < 1.29 is 19.6 Å². The van der Waals surface area contributed by atoms with Crippen molar-refractivity contribution in [3.8, 4) is 6.01 Å². The van der Waals surface area contributed by atoms with Gasteiger partial charge in [-0.15, -0.1) is 0 Å². The quantitative estimate of drug-likeness (QED) is 0.636. The molecule has 0 bridgehead atoms. The van der Waals surface area contributed by atoms with Crippen LogP contribution in [0.25, 0.3) is 0 Å². The Hall–Kier alpha value is -2.65. The van der Waals surface area contributed by atoms with Crippen molar-refractivity contribution in [1.29, 1.82) is 0 Å². The highest BCUT2D eigenvalue weighted by Gasteiger charge is 2.34. The number of carboxylic acid groups (broad SMARTS) is 1. The molecule has 1 saturated carbocycles. The Morgan fingerprint density at radius 3 is 2.83 bits per heavy atom. The molecule has 130 valence electrons. The van der Waals surface area contributed by atoms with E-state index in [-0.39, 0.29) is 36.4 Å². The summed E-state index contributed by atoms with van der Waals surface area (Å²) in [5.41, 5.74) is 0. The summed E-state index contributed by atoms with van der Waals surface area (Å²) >= 11 is 0. The van der Waals surface area contributed by atoms with Gasteiger partial charge in [0.05, 0.1) is 12.6 Å². The van der Waals surface area contributed by atoms with Crippen LogP contribution in [0.15, 0.2) is 11.2 Å². The van der Waals surface area contributed by atoms with Gasteiger partial charge in [-0.3, -0.25) is 9.56 Å². The van der Waals surface area contributed by atoms with Gasteiger partial charge in [-0.2, -0.15) is 0 Å². The van der Waals surface area contributed by atoms with Crippen molar-refractivity contribution in [3.63, 3.8) is 0 Å². The molecule has 1 aliphatic carbocycles. The number of nitrogens with zero attached hydrogens (tertiary/aromatic N) is 4. The van der Waals surface area contributed by atoms with Crippen LogP contribution in [0.4, 0.5) is 10.6 Å². The van der Waals surface area contributed by atoms with Gasteiger partial charge < -0.3 is 25.3 Å². The number of fused-ring (bicyclic) bond motifs is 1. The van der Waals surface area contributed by atoms with Crippen LogP contribution in [0.5, 0.6) is 6.01 Å². The van der Waals surface area contributed by atoms with Crippen LogP contribution in [0, 0.1) is 16.0 Å². The zero-order valence-electron chi connectivity index (χ0n) is 13.0. The van der Waals surface area contributed by atoms with Crippen LogP contribution >= 0.6 is 0 Å². The van der Waals surface area contributed by atoms with Crippen molar-refractivity contribution in [2.75, 3.05) is 13.2 Å². The van der Waals surface area contributed by atoms with E-state index in [0.29, 0.717) is 6.54 Å². The standard InChI is InChI=1S/C14H19N5O5/c20-14(21)16-10-3-1-9(2-4-10)11-7-15-5-6-24-13-17-12(19(22)23)8-18(11)13/h5,8-11,16H,1-4,6-7H2,(H,20,21)/b15-5-. The van der Waals surface area contributed by atoms with E-state index in [1.807, 2.05) is 0 Å². The molecule has 10 heteroatoms. The van der Waals surface area contributed by atoms with Gasteiger partial charge in [-0.1, -0.05) is 0 Å². The second-order valence-corrected chi connectivity index (χ2v) is 6.03. The molecule has 10 nitrogen and oxygen atoms in total. The Kier molecular flexibility index (Phi) is 4.63. The minimum Gasteiger partial charge on any atom is -0.465 e. The summed E-state index contributed by atoms with van der Waals surface area (Å²) in [6.07, 6.45) is 5.16. The molecule has 1 aromatic rings. The summed E-state index contributed by atoms with van der Waals surface area (Å²) in [7, 11) is 0. The first-order chi connectivity index (χ1) is 11.5. The first-order valence-electron chi connectivity index (χ1n) is 7.88. The fourth-order valence-corrected chi connectivity index (χ4v) is 3.43. The zero-order valence-corrected chi connectivity index (χ0v) is 13.0. The highest BCUT2D eigenvalue weighted by atomic mass is 16.6. The molecule has 2 aliphatic rings. The molecule has 0 spiro atoms. The summed E-state index contributed by atoms with van der Waals surface area (Å²) in [4.78, 5) is 29.5. The number of nitrogens with one attached hydrogen (secondary N) is 1. The van der Waals surface area contributed by atoms with Crippen LogP contribution < -0.4 is 10.1 Å². The minimum absolute atomic E-state index is 0.0383. The number of aliphatic imine (C=N–C) groups is 1. The lowest BCUT2D eigenvalue weighted by atomic mass is 9.81. The van der Waals surface area contributed by atoms with Crippen molar-refractivity contribution in [1.82, 2.24) is 14.9 Å². The molecule has 2 N–H and O–H groups in total. The molecule has 24 heavy (non-hydrogen) atoms. The second kappa shape index (κ2) is 6.85. The smallest absolute Gasteiger partial charge is 0.414 e. The van der Waals surface area contributed by atoms with Crippen molar-refractivity contribution in [2.24, 2.45) is 10.9 Å². The summed E-state index contributed by atoms with van der Waals surface area (Å²) in [5, 5.41) is 22.3. The fraction of sp³-hybridized carbons (Fsp3) is 0.643. The maximum Gasteiger partial charge on any atom is 0.414 e. The molecule has 1 unspecified atom stereocenters. The van der Waals surface area contributed by atoms with Gasteiger partial charge in [0.2, 0.25) is 0 Å². The van der Waals surface area contributed by atoms with E-state index in [9.17, 15) is 14.9 Å². The van der Waals surface area contributed by atoms with Gasteiger partial charge >= 0.3 is 17.9 Å². The van der Waals surface area contributed by atoms with Crippen molar-refractivity contribution in [2.45, 2.75) is 37.8 Å². The Balaban J connectivity index is 1.77. The summed E-state index contributed by atoms with van der Waals surface area (Å²) < 4.78 is 7.17. The van der Waals surface area contributed by atoms with Crippen LogP contribution in [-0.4, -0.2) is 51.1 Å². The number of rotatable bonds is 3. The molecule has 0 aromatic carbocycles. The molecule has 1 atom stereocenters. The van der Waals surface area contributed by atoms with Crippen molar-refractivity contribution >= 4 is 18.1 Å². The van der Waals surface area contributed by atoms with Gasteiger partial charge in [-0.05, 0) is 36.5 Å². The van der Waals surface area contributed by atoms with E-state index in [4.69, 9.17) is 9.84 Å². The summed E-state index contributed by atoms with van der Waals surface area (Å²) in [5.74, 6) is 0.00128. The van der Waals surface area contributed by atoms with Gasteiger partial charge in [0.15, 0.2) is 0 Å². The summed E-state index contributed by atoms with van der Waals surface area (Å²) in [6, 6.07) is 0.121. The fourth-order valence-electron chi connectivity index (χ4n) is 3.43. The van der Waals surface area contributed by atoms with Crippen molar-refractivity contribution in [3.05, 3.63) is 16.3 Å². The van der Waals surface area contributed by atoms with E-state index in [1.54, 1.807) is 10.8 Å². The van der Waals surface area contributed by atoms with Gasteiger partial charge in [0.25, 0.3) is 0 Å². The van der Waals surface area contributed by atoms with Gasteiger partial charge in [-0.25, -0.2) is 4.79 Å². The SMILES string of the molecule is O=C(O)NC1CCC(C2C/N=C\COc3nc([N+](=O)[O-])cn32)CC1. The number of hydrogen-bond donors (Lipinski definition) is 2. The number of hydrogen-bond acceptors (Lipinski definition) is 6. The number of imidazole rings is 1. The normalized spacial score (nSPS) is 27.9. The lowest BCUT2D eigenvalue weighted by molar-refractivity contribution is -0.389. The molecule has 3 rings (SSSR count). The Morgan fingerprint density at radius 2 is 2.17 bits per heavy atom. The summed E-state index contributed by atoms with van der Waals surface area (Å²) in [6.45, 7) is 0.738. The first kappa shape index (κ1) is 16.2. The third kappa shape index (κ3) is 3.47. The largest absolute Gasteiger partial charge is 0.465 e. The monoisotopic (exact) mass is 337 g/mol. The van der Waals surface area contributed by atoms with Gasteiger partial charge in [0.1, 0.15) is 12.8 Å². The number of carbonyl (C=O) groups is 1. The molecule has 2 heterocycles. The Morgan fingerprint density at radius 1 is 1.42 bits per heavy atom. The van der Waals surface area contributed by atoms with Crippen LogP contribution in [-0.2, 0) is 0 Å². The maximum atomic E-state index is 11.0. The Bertz CT molecular complexity index is 650. The number of ether oxygens (including phenoxy) is 1. The predicted octanol–water partition coefficient (Wildman–Crippen LogP) is 1.62. The molecule has 0 radical (unpaired) electrons. The first-order valence-corrected chi connectivity index (χ1v) is 7.88. The zero-order chi connectivity index (χ0) is 17.1. The molecular weight excluding hydrogens is 318 g/mol. The third-order valence-electron chi connectivity index (χ3n) is 4.58. The van der Waals surface area contributed by atoms with E-state index in [1.165, 1.54) is 6.20 Å². The van der Waals surface area contributed by atoms with Gasteiger partial charge in [0, 0.05) is 17.2 Å². The van der Waals surface area contributed by atoms with E-state index < -0.39 is 11.0 Å². The second-order valence-electron chi connectivity index (χ2n) is 6.03. The average molecular weight is 337 g/mol. The Labute approximate surface area is 137 Å². The van der Waals surface area contributed by atoms with Crippen LogP contribution in [0.3, 0.4) is 0 Å². The van der Waals surface area contributed by atoms with E-state index >= 15 is 0 Å². The lowest BCUT2D eigenvalue weighted by Crippen LogP contribution is -2.38. The topological polar surface area (TPSA) is 132 Å². The third-order valence-corrected chi connectivity index (χ3v) is 4.58. The average Bonchev–Trinajstić information content (AvgIpc) is 2.92. The molecular formula is C14H19N5O5. The molecule has 1 amide bonds. The maximum absolute atomic E-state index is 11.0. The number of amides is 1. The van der Waals surface area contributed by atoms with E-state index in [2.05, 4.69) is 15.3 Å². The molecule has 0 saturated heterocycles. The number of nitro groups is 1. The molecule has 1 aliphatic heterocycles. The molecule has 1 aromatic heterocycles. The highest BCUT2D eigenvalue weighted by Crippen LogP contribution is 2.36. The minimum atomic E-state index is -1.00. The molecule has 1 fully saturated rings. The lowest BCUT2D eigenvalue weighted by Gasteiger charge is -2.33. The predicted molar refractivity (Wildman–Crippen MR) is 83.7 cm³/mol. The van der Waals surface area contributed by atoms with Crippen LogP contribution in [0.2, 0.25) is 0 Å². The van der Waals surface area contributed by atoms with E-state index in [0.717, 1.165) is 25.7 Å². The van der Waals surface area contributed by atoms with Crippen LogP contribution in [0.1, 0.15) is 31.7 Å².